The summed E-state index contributed by atoms with van der Waals surface area (Å²) in [6.45, 7) is 0. The van der Waals surface area contributed by atoms with Gasteiger partial charge in [-0.1, -0.05) is 30.2 Å². The van der Waals surface area contributed by atoms with Crippen molar-refractivity contribution >= 4 is 11.6 Å². The van der Waals surface area contributed by atoms with Gasteiger partial charge in [-0.15, -0.1) is 0 Å². The SMILES string of the molecule is Clc1ccccc1-c1ncc2c(n1)CCCCC2. The molecule has 0 amide bonds. The summed E-state index contributed by atoms with van der Waals surface area (Å²) < 4.78 is 0. The van der Waals surface area contributed by atoms with Crippen molar-refractivity contribution in [1.82, 2.24) is 9.97 Å². The molecule has 1 aliphatic carbocycles. The summed E-state index contributed by atoms with van der Waals surface area (Å²) in [7, 11) is 0. The van der Waals surface area contributed by atoms with Gasteiger partial charge in [0.15, 0.2) is 5.82 Å². The Morgan fingerprint density at radius 2 is 1.83 bits per heavy atom. The van der Waals surface area contributed by atoms with Gasteiger partial charge < -0.3 is 0 Å². The number of rotatable bonds is 1. The number of aromatic nitrogens is 2. The maximum atomic E-state index is 6.19. The lowest BCUT2D eigenvalue weighted by Crippen LogP contribution is -2.00. The third kappa shape index (κ3) is 2.25. The lowest BCUT2D eigenvalue weighted by atomic mass is 10.1. The highest BCUT2D eigenvalue weighted by Gasteiger charge is 2.12. The van der Waals surface area contributed by atoms with Crippen LogP contribution in [0, 0.1) is 0 Å². The molecule has 3 rings (SSSR count). The standard InChI is InChI=1S/C15H15ClN2/c16-13-8-5-4-7-12(13)15-17-10-11-6-2-1-3-9-14(11)18-15/h4-5,7-8,10H,1-3,6,9H2. The van der Waals surface area contributed by atoms with Crippen LogP contribution in [0.25, 0.3) is 11.4 Å². The van der Waals surface area contributed by atoms with E-state index in [4.69, 9.17) is 16.6 Å². The Balaban J connectivity index is 2.04. The Morgan fingerprint density at radius 1 is 1.00 bits per heavy atom. The molecule has 3 heteroatoms. The van der Waals surface area contributed by atoms with Crippen LogP contribution >= 0.6 is 11.6 Å². The number of fused-ring (bicyclic) bond motifs is 1. The molecule has 2 aromatic rings. The second-order valence-corrected chi connectivity index (χ2v) is 5.11. The van der Waals surface area contributed by atoms with E-state index in [1.807, 2.05) is 30.5 Å². The van der Waals surface area contributed by atoms with Crippen LogP contribution in [0.15, 0.2) is 30.5 Å². The summed E-state index contributed by atoms with van der Waals surface area (Å²) in [5.74, 6) is 0.751. The number of hydrogen-bond acceptors (Lipinski definition) is 2. The predicted molar refractivity (Wildman–Crippen MR) is 73.7 cm³/mol. The van der Waals surface area contributed by atoms with E-state index < -0.39 is 0 Å². The number of hydrogen-bond donors (Lipinski definition) is 0. The molecule has 0 unspecified atom stereocenters. The molecule has 92 valence electrons. The highest BCUT2D eigenvalue weighted by molar-refractivity contribution is 6.33. The first-order chi connectivity index (χ1) is 8.84. The van der Waals surface area contributed by atoms with Gasteiger partial charge in [-0.25, -0.2) is 9.97 Å². The lowest BCUT2D eigenvalue weighted by molar-refractivity contribution is 0.709. The molecule has 2 nitrogen and oxygen atoms in total. The van der Waals surface area contributed by atoms with Gasteiger partial charge in [-0.3, -0.25) is 0 Å². The third-order valence-corrected chi connectivity index (χ3v) is 3.76. The van der Waals surface area contributed by atoms with Crippen molar-refractivity contribution in [3.8, 4) is 11.4 Å². The van der Waals surface area contributed by atoms with Gasteiger partial charge in [0.2, 0.25) is 0 Å². The van der Waals surface area contributed by atoms with Crippen molar-refractivity contribution in [2.45, 2.75) is 32.1 Å². The summed E-state index contributed by atoms with van der Waals surface area (Å²) in [5, 5.41) is 0.714. The second-order valence-electron chi connectivity index (χ2n) is 4.71. The monoisotopic (exact) mass is 258 g/mol. The van der Waals surface area contributed by atoms with Crippen molar-refractivity contribution in [2.24, 2.45) is 0 Å². The van der Waals surface area contributed by atoms with Crippen LogP contribution in [0.2, 0.25) is 5.02 Å². The zero-order valence-corrected chi connectivity index (χ0v) is 11.0. The van der Waals surface area contributed by atoms with Crippen LogP contribution in [0.1, 0.15) is 30.5 Å². The Kier molecular flexibility index (Phi) is 3.28. The highest BCUT2D eigenvalue weighted by Crippen LogP contribution is 2.26. The molecule has 1 aromatic heterocycles. The zero-order chi connectivity index (χ0) is 12.4. The first-order valence-electron chi connectivity index (χ1n) is 6.44. The summed E-state index contributed by atoms with van der Waals surface area (Å²) in [6, 6.07) is 7.75. The molecule has 0 N–H and O–H groups in total. The van der Waals surface area contributed by atoms with Crippen LogP contribution in [-0.2, 0) is 12.8 Å². The Hall–Kier alpha value is -1.41. The molecule has 1 heterocycles. The normalized spacial score (nSPS) is 14.9. The van der Waals surface area contributed by atoms with Gasteiger partial charge in [-0.2, -0.15) is 0 Å². The molecular weight excluding hydrogens is 244 g/mol. The summed E-state index contributed by atoms with van der Waals surface area (Å²) in [4.78, 5) is 9.18. The quantitative estimate of drug-likeness (QED) is 0.721. The van der Waals surface area contributed by atoms with E-state index in [0.717, 1.165) is 24.2 Å². The number of nitrogens with zero attached hydrogens (tertiary/aromatic N) is 2. The summed E-state index contributed by atoms with van der Waals surface area (Å²) in [6.07, 6.45) is 7.92. The molecule has 0 saturated carbocycles. The third-order valence-electron chi connectivity index (χ3n) is 3.43. The van der Waals surface area contributed by atoms with Gasteiger partial charge in [0.25, 0.3) is 0 Å². The van der Waals surface area contributed by atoms with Gasteiger partial charge in [0, 0.05) is 17.5 Å². The van der Waals surface area contributed by atoms with E-state index in [1.54, 1.807) is 0 Å². The molecule has 0 fully saturated rings. The van der Waals surface area contributed by atoms with Crippen LogP contribution < -0.4 is 0 Å². The zero-order valence-electron chi connectivity index (χ0n) is 10.2. The van der Waals surface area contributed by atoms with E-state index in [1.165, 1.54) is 30.5 Å². The van der Waals surface area contributed by atoms with Gasteiger partial charge in [0.05, 0.1) is 5.02 Å². The number of halogens is 1. The van der Waals surface area contributed by atoms with Gasteiger partial charge in [0.1, 0.15) is 0 Å². The minimum Gasteiger partial charge on any atom is -0.236 e. The van der Waals surface area contributed by atoms with Crippen molar-refractivity contribution in [1.29, 1.82) is 0 Å². The molecule has 0 saturated heterocycles. The maximum Gasteiger partial charge on any atom is 0.160 e. The molecule has 0 aliphatic heterocycles. The fourth-order valence-corrected chi connectivity index (χ4v) is 2.64. The van der Waals surface area contributed by atoms with Gasteiger partial charge in [-0.05, 0) is 43.4 Å². The van der Waals surface area contributed by atoms with Crippen LogP contribution in [0.4, 0.5) is 0 Å². The topological polar surface area (TPSA) is 25.8 Å². The Bertz CT molecular complexity index is 566. The fourth-order valence-electron chi connectivity index (χ4n) is 2.42. The predicted octanol–water partition coefficient (Wildman–Crippen LogP) is 4.07. The first-order valence-corrected chi connectivity index (χ1v) is 6.82. The number of benzene rings is 1. The average molecular weight is 259 g/mol. The molecular formula is C15H15ClN2. The molecule has 0 radical (unpaired) electrons. The molecule has 0 atom stereocenters. The Labute approximate surface area is 112 Å². The van der Waals surface area contributed by atoms with Crippen LogP contribution in [0.5, 0.6) is 0 Å². The second kappa shape index (κ2) is 5.07. The molecule has 0 spiro atoms. The lowest BCUT2D eigenvalue weighted by Gasteiger charge is -2.07. The largest absolute Gasteiger partial charge is 0.236 e. The van der Waals surface area contributed by atoms with Crippen molar-refractivity contribution in [3.05, 3.63) is 46.7 Å². The smallest absolute Gasteiger partial charge is 0.160 e. The minimum atomic E-state index is 0.714. The molecule has 0 bridgehead atoms. The molecule has 1 aromatic carbocycles. The number of aryl methyl sites for hydroxylation is 2. The first kappa shape index (κ1) is 11.7. The van der Waals surface area contributed by atoms with E-state index in [2.05, 4.69) is 4.98 Å². The fraction of sp³-hybridized carbons (Fsp3) is 0.333. The van der Waals surface area contributed by atoms with Crippen LogP contribution in [-0.4, -0.2) is 9.97 Å². The highest BCUT2D eigenvalue weighted by atomic mass is 35.5. The van der Waals surface area contributed by atoms with E-state index in [0.29, 0.717) is 5.02 Å². The van der Waals surface area contributed by atoms with Gasteiger partial charge >= 0.3 is 0 Å². The summed E-state index contributed by atoms with van der Waals surface area (Å²) >= 11 is 6.19. The van der Waals surface area contributed by atoms with Crippen molar-refractivity contribution < 1.29 is 0 Å². The molecule has 18 heavy (non-hydrogen) atoms. The van der Waals surface area contributed by atoms with E-state index in [-0.39, 0.29) is 0 Å². The van der Waals surface area contributed by atoms with E-state index in [9.17, 15) is 0 Å². The minimum absolute atomic E-state index is 0.714. The maximum absolute atomic E-state index is 6.19. The van der Waals surface area contributed by atoms with Crippen molar-refractivity contribution in [2.75, 3.05) is 0 Å². The van der Waals surface area contributed by atoms with Crippen LogP contribution in [0.3, 0.4) is 0 Å². The van der Waals surface area contributed by atoms with Crippen molar-refractivity contribution in [3.63, 3.8) is 0 Å². The Morgan fingerprint density at radius 3 is 2.72 bits per heavy atom. The van der Waals surface area contributed by atoms with E-state index >= 15 is 0 Å². The summed E-state index contributed by atoms with van der Waals surface area (Å²) in [5.41, 5.74) is 3.44. The molecule has 1 aliphatic rings. The average Bonchev–Trinajstić information content (AvgIpc) is 2.63.